The van der Waals surface area contributed by atoms with Gasteiger partial charge in [0.05, 0.1) is 18.2 Å². The maximum Gasteiger partial charge on any atom is 0.422 e. The zero-order valence-corrected chi connectivity index (χ0v) is 11.9. The number of nitrogens with one attached hydrogen (secondary N) is 2. The van der Waals surface area contributed by atoms with Crippen LogP contribution in [0.1, 0.15) is 12.1 Å². The molecule has 0 aromatic carbocycles. The predicted molar refractivity (Wildman–Crippen MR) is 66.9 cm³/mol. The first-order valence-corrected chi connectivity index (χ1v) is 6.66. The second-order valence-corrected chi connectivity index (χ2v) is 5.07. The molecule has 0 aliphatic heterocycles. The zero-order chi connectivity index (χ0) is 18.0. The van der Waals surface area contributed by atoms with Gasteiger partial charge < -0.3 is 15.4 Å². The summed E-state index contributed by atoms with van der Waals surface area (Å²) in [5, 5.41) is 4.40. The van der Waals surface area contributed by atoms with Crippen LogP contribution in [-0.4, -0.2) is 41.0 Å². The van der Waals surface area contributed by atoms with Crippen LogP contribution in [0.25, 0.3) is 0 Å². The van der Waals surface area contributed by atoms with E-state index in [2.05, 4.69) is 25.3 Å². The molecule has 2 rings (SSSR count). The fourth-order valence-corrected chi connectivity index (χ4v) is 1.81. The summed E-state index contributed by atoms with van der Waals surface area (Å²) in [7, 11) is 0. The van der Waals surface area contributed by atoms with Gasteiger partial charge in [-0.05, 0) is 6.42 Å². The Balaban J connectivity index is 1.77. The van der Waals surface area contributed by atoms with Crippen LogP contribution in [0.5, 0.6) is 5.88 Å². The number of carbonyl (C=O) groups excluding carboxylic acids is 1. The van der Waals surface area contributed by atoms with E-state index >= 15 is 0 Å². The Morgan fingerprint density at radius 3 is 2.54 bits per heavy atom. The molecule has 1 heterocycles. The van der Waals surface area contributed by atoms with Crippen LogP contribution in [0.15, 0.2) is 12.4 Å². The van der Waals surface area contributed by atoms with Gasteiger partial charge in [-0.3, -0.25) is 0 Å². The third kappa shape index (κ3) is 5.74. The number of rotatable bonds is 5. The first-order chi connectivity index (χ1) is 11.0. The van der Waals surface area contributed by atoms with Gasteiger partial charge in [0.25, 0.3) is 0 Å². The Kier molecular flexibility index (Phi) is 5.04. The van der Waals surface area contributed by atoms with Gasteiger partial charge in [0, 0.05) is 12.1 Å². The largest absolute Gasteiger partial charge is 0.468 e. The number of hydrogen-bond donors (Lipinski definition) is 2. The van der Waals surface area contributed by atoms with Gasteiger partial charge in [0.2, 0.25) is 5.88 Å². The standard InChI is InChI=1S/C12H12F6N4O2/c13-11(14,15)4-24-9-1-6(20-5-21-9)3-19-10(23)22-8-2-7(8)12(16,17)18/h1,5,7-8H,2-4H2,(H2,19,22,23)/t7-,8-/m1/s1. The predicted octanol–water partition coefficient (Wildman–Crippen LogP) is 2.17. The van der Waals surface area contributed by atoms with Crippen LogP contribution in [0.4, 0.5) is 31.1 Å². The highest BCUT2D eigenvalue weighted by Crippen LogP contribution is 2.44. The molecule has 134 valence electrons. The molecule has 1 aromatic rings. The maximum absolute atomic E-state index is 12.3. The Hall–Kier alpha value is -2.27. The minimum atomic E-state index is -4.53. The lowest BCUT2D eigenvalue weighted by Crippen LogP contribution is -2.38. The Labute approximate surface area is 131 Å². The van der Waals surface area contributed by atoms with Crippen LogP contribution in [0.3, 0.4) is 0 Å². The molecule has 2 N–H and O–H groups in total. The smallest absolute Gasteiger partial charge is 0.422 e. The second-order valence-electron chi connectivity index (χ2n) is 5.07. The normalized spacial score (nSPS) is 20.4. The number of aromatic nitrogens is 2. The van der Waals surface area contributed by atoms with E-state index in [4.69, 9.17) is 0 Å². The summed E-state index contributed by atoms with van der Waals surface area (Å²) in [6.07, 6.45) is -8.11. The third-order valence-corrected chi connectivity index (χ3v) is 3.04. The highest BCUT2D eigenvalue weighted by molar-refractivity contribution is 5.74. The lowest BCUT2D eigenvalue weighted by molar-refractivity contribution is -0.154. The van der Waals surface area contributed by atoms with Gasteiger partial charge in [-0.1, -0.05) is 0 Å². The molecule has 0 radical (unpaired) electrons. The van der Waals surface area contributed by atoms with Gasteiger partial charge in [-0.25, -0.2) is 14.8 Å². The summed E-state index contributed by atoms with van der Waals surface area (Å²) in [6.45, 7) is -1.74. The molecule has 2 atom stereocenters. The average molecular weight is 358 g/mol. The number of amides is 2. The van der Waals surface area contributed by atoms with Gasteiger partial charge in [0.1, 0.15) is 6.33 Å². The van der Waals surface area contributed by atoms with Crippen molar-refractivity contribution in [1.82, 2.24) is 20.6 Å². The van der Waals surface area contributed by atoms with Crippen LogP contribution < -0.4 is 15.4 Å². The molecule has 1 aromatic heterocycles. The molecule has 24 heavy (non-hydrogen) atoms. The van der Waals surface area contributed by atoms with E-state index in [1.807, 2.05) is 0 Å². The first-order valence-electron chi connectivity index (χ1n) is 6.66. The number of hydrogen-bond acceptors (Lipinski definition) is 4. The SMILES string of the molecule is O=C(NCc1cc(OCC(F)(F)F)ncn1)N[C@@H]1C[C@H]1C(F)(F)F. The van der Waals surface area contributed by atoms with Crippen molar-refractivity contribution in [2.75, 3.05) is 6.61 Å². The van der Waals surface area contributed by atoms with Crippen molar-refractivity contribution < 1.29 is 35.9 Å². The van der Waals surface area contributed by atoms with Gasteiger partial charge in [-0.15, -0.1) is 0 Å². The van der Waals surface area contributed by atoms with Gasteiger partial charge >= 0.3 is 18.4 Å². The van der Waals surface area contributed by atoms with Crippen LogP contribution >= 0.6 is 0 Å². The first kappa shape index (κ1) is 18.1. The van der Waals surface area contributed by atoms with Crippen molar-refractivity contribution in [2.45, 2.75) is 31.4 Å². The molecule has 0 unspecified atom stereocenters. The molecular formula is C12H12F6N4O2. The molecule has 0 saturated heterocycles. The van der Waals surface area contributed by atoms with Crippen LogP contribution in [0.2, 0.25) is 0 Å². The highest BCUT2D eigenvalue weighted by atomic mass is 19.4. The summed E-state index contributed by atoms with van der Waals surface area (Å²) in [6, 6.07) is -0.717. The fourth-order valence-electron chi connectivity index (χ4n) is 1.81. The fraction of sp³-hybridized carbons (Fsp3) is 0.583. The van der Waals surface area contributed by atoms with E-state index in [9.17, 15) is 31.1 Å². The van der Waals surface area contributed by atoms with Crippen molar-refractivity contribution in [3.8, 4) is 5.88 Å². The van der Waals surface area contributed by atoms with Crippen molar-refractivity contribution >= 4 is 6.03 Å². The van der Waals surface area contributed by atoms with E-state index in [-0.39, 0.29) is 24.5 Å². The van der Waals surface area contributed by atoms with E-state index in [1.165, 1.54) is 0 Å². The Bertz CT molecular complexity index is 592. The number of urea groups is 1. The van der Waals surface area contributed by atoms with E-state index in [0.717, 1.165) is 12.4 Å². The molecule has 1 aliphatic rings. The summed E-state index contributed by atoms with van der Waals surface area (Å²) in [5.74, 6) is -1.89. The zero-order valence-electron chi connectivity index (χ0n) is 11.9. The van der Waals surface area contributed by atoms with Crippen LogP contribution in [-0.2, 0) is 6.54 Å². The summed E-state index contributed by atoms with van der Waals surface area (Å²) in [4.78, 5) is 18.7. The molecule has 2 amide bonds. The monoisotopic (exact) mass is 358 g/mol. The van der Waals surface area contributed by atoms with Gasteiger partial charge in [0.15, 0.2) is 6.61 Å². The van der Waals surface area contributed by atoms with Gasteiger partial charge in [-0.2, -0.15) is 26.3 Å². The molecule has 1 saturated carbocycles. The Morgan fingerprint density at radius 2 is 1.96 bits per heavy atom. The average Bonchev–Trinajstić information content (AvgIpc) is 3.22. The van der Waals surface area contributed by atoms with E-state index in [0.29, 0.717) is 0 Å². The minimum absolute atomic E-state index is 0.139. The lowest BCUT2D eigenvalue weighted by Gasteiger charge is -2.10. The summed E-state index contributed by atoms with van der Waals surface area (Å²) < 4.78 is 77.4. The van der Waals surface area contributed by atoms with Crippen molar-refractivity contribution in [3.05, 3.63) is 18.1 Å². The summed E-state index contributed by atoms with van der Waals surface area (Å²) in [5.41, 5.74) is 0.139. The topological polar surface area (TPSA) is 76.1 Å². The number of halogens is 6. The number of ether oxygens (including phenoxy) is 1. The quantitative estimate of drug-likeness (QED) is 0.791. The van der Waals surface area contributed by atoms with Crippen molar-refractivity contribution in [2.24, 2.45) is 5.92 Å². The highest BCUT2D eigenvalue weighted by Gasteiger charge is 2.56. The minimum Gasteiger partial charge on any atom is -0.468 e. The number of nitrogens with zero attached hydrogens (tertiary/aromatic N) is 2. The molecule has 1 fully saturated rings. The van der Waals surface area contributed by atoms with Crippen LogP contribution in [0, 0.1) is 5.92 Å². The Morgan fingerprint density at radius 1 is 1.25 bits per heavy atom. The second kappa shape index (κ2) is 6.69. The van der Waals surface area contributed by atoms with Crippen molar-refractivity contribution in [3.63, 3.8) is 0 Å². The lowest BCUT2D eigenvalue weighted by atomic mass is 10.4. The number of carbonyl (C=O) groups is 1. The molecular weight excluding hydrogens is 346 g/mol. The number of alkyl halides is 6. The van der Waals surface area contributed by atoms with Crippen molar-refractivity contribution in [1.29, 1.82) is 0 Å². The van der Waals surface area contributed by atoms with E-state index in [1.54, 1.807) is 0 Å². The van der Waals surface area contributed by atoms with E-state index < -0.39 is 37.0 Å². The molecule has 6 nitrogen and oxygen atoms in total. The summed E-state index contributed by atoms with van der Waals surface area (Å²) >= 11 is 0. The molecule has 12 heteroatoms. The third-order valence-electron chi connectivity index (χ3n) is 3.04. The molecule has 0 spiro atoms. The molecule has 0 bridgehead atoms. The maximum atomic E-state index is 12.3. The molecule has 1 aliphatic carbocycles.